The molecule has 31 heavy (non-hydrogen) atoms. The smallest absolute Gasteiger partial charge is 0.229 e. The summed E-state index contributed by atoms with van der Waals surface area (Å²) in [4.78, 5) is 0. The van der Waals surface area contributed by atoms with Gasteiger partial charge in [-0.1, -0.05) is 31.5 Å². The van der Waals surface area contributed by atoms with Gasteiger partial charge in [0.05, 0.1) is 11.7 Å². The summed E-state index contributed by atoms with van der Waals surface area (Å²) < 4.78 is 31.6. The number of hydrogen-bond donors (Lipinski definition) is 2. The first-order chi connectivity index (χ1) is 14.6. The zero-order valence-corrected chi connectivity index (χ0v) is 18.8. The van der Waals surface area contributed by atoms with Gasteiger partial charge in [-0.25, -0.2) is 4.39 Å². The van der Waals surface area contributed by atoms with E-state index in [0.29, 0.717) is 5.75 Å². The molecule has 0 bridgehead atoms. The molecule has 4 atom stereocenters. The van der Waals surface area contributed by atoms with Crippen molar-refractivity contribution in [1.29, 1.82) is 0 Å². The Labute approximate surface area is 183 Å². The summed E-state index contributed by atoms with van der Waals surface area (Å²) in [6, 6.07) is 12.0. The average molecular weight is 433 g/mol. The fraction of sp³-hybridized carbons (Fsp3) is 0.520. The highest BCUT2D eigenvalue weighted by Crippen LogP contribution is 2.35. The van der Waals surface area contributed by atoms with Crippen molar-refractivity contribution in [2.75, 3.05) is 0 Å². The van der Waals surface area contributed by atoms with Gasteiger partial charge in [0.1, 0.15) is 29.9 Å². The number of ether oxygens (including phenoxy) is 3. The Morgan fingerprint density at radius 1 is 1.10 bits per heavy atom. The number of aliphatic hydroxyl groups is 2. The van der Waals surface area contributed by atoms with Gasteiger partial charge < -0.3 is 24.4 Å². The number of benzene rings is 2. The van der Waals surface area contributed by atoms with Crippen molar-refractivity contribution in [2.45, 2.75) is 83.8 Å². The van der Waals surface area contributed by atoms with E-state index >= 15 is 0 Å². The van der Waals surface area contributed by atoms with Crippen LogP contribution < -0.4 is 4.74 Å². The molecule has 1 saturated heterocycles. The summed E-state index contributed by atoms with van der Waals surface area (Å²) in [7, 11) is 0. The monoisotopic (exact) mass is 432 g/mol. The van der Waals surface area contributed by atoms with Gasteiger partial charge in [-0.15, -0.1) is 0 Å². The third-order valence-electron chi connectivity index (χ3n) is 5.45. The van der Waals surface area contributed by atoms with E-state index in [0.717, 1.165) is 29.5 Å². The van der Waals surface area contributed by atoms with E-state index in [4.69, 9.17) is 14.2 Å². The quantitative estimate of drug-likeness (QED) is 0.676. The van der Waals surface area contributed by atoms with Crippen LogP contribution in [0.3, 0.4) is 0 Å². The van der Waals surface area contributed by atoms with Gasteiger partial charge in [-0.2, -0.15) is 0 Å². The van der Waals surface area contributed by atoms with Crippen LogP contribution in [0.2, 0.25) is 0 Å². The largest absolute Gasteiger partial charge is 0.462 e. The van der Waals surface area contributed by atoms with E-state index in [9.17, 15) is 14.6 Å². The topological polar surface area (TPSA) is 68.2 Å². The summed E-state index contributed by atoms with van der Waals surface area (Å²) in [5.74, 6) is 0.160. The summed E-state index contributed by atoms with van der Waals surface area (Å²) in [5.41, 5.74) is 1.83. The van der Waals surface area contributed by atoms with Gasteiger partial charge in [-0.05, 0) is 75.1 Å². The first-order valence-electron chi connectivity index (χ1n) is 10.9. The summed E-state index contributed by atoms with van der Waals surface area (Å²) in [5, 5.41) is 21.3. The van der Waals surface area contributed by atoms with Crippen molar-refractivity contribution >= 4 is 0 Å². The molecule has 5 nitrogen and oxygen atoms in total. The van der Waals surface area contributed by atoms with E-state index in [2.05, 4.69) is 6.92 Å². The average Bonchev–Trinajstić information content (AvgIpc) is 2.70. The van der Waals surface area contributed by atoms with Crippen LogP contribution in [0.5, 0.6) is 5.75 Å². The molecule has 0 radical (unpaired) electrons. The molecule has 0 unspecified atom stereocenters. The molecular formula is C25H33FO5. The highest BCUT2D eigenvalue weighted by Gasteiger charge is 2.51. The third-order valence-corrected chi connectivity index (χ3v) is 5.45. The summed E-state index contributed by atoms with van der Waals surface area (Å²) in [6.45, 7) is 9.42. The van der Waals surface area contributed by atoms with Gasteiger partial charge >= 0.3 is 0 Å². The minimum absolute atomic E-state index is 0.132. The lowest BCUT2D eigenvalue weighted by Gasteiger charge is -2.47. The Morgan fingerprint density at radius 3 is 2.48 bits per heavy atom. The van der Waals surface area contributed by atoms with Crippen molar-refractivity contribution in [1.82, 2.24) is 0 Å². The predicted octanol–water partition coefficient (Wildman–Crippen LogP) is 4.47. The molecule has 6 heteroatoms. The molecule has 1 heterocycles. The SMILES string of the molecule is CCCc1ccc(O[C@@H]2OC(C)(C)[C@H](OC(C)C)[C@@H](O)[C@H]2O)cc1-c1cccc(F)c1. The van der Waals surface area contributed by atoms with Crippen LogP contribution in [-0.2, 0) is 15.9 Å². The van der Waals surface area contributed by atoms with Crippen LogP contribution in [0.4, 0.5) is 4.39 Å². The molecule has 2 N–H and O–H groups in total. The zero-order valence-electron chi connectivity index (χ0n) is 18.8. The molecule has 0 saturated carbocycles. The Hall–Kier alpha value is -1.99. The van der Waals surface area contributed by atoms with Crippen LogP contribution in [0.1, 0.15) is 46.6 Å². The van der Waals surface area contributed by atoms with Gasteiger partial charge in [0.15, 0.2) is 0 Å². The second-order valence-corrected chi connectivity index (χ2v) is 8.87. The van der Waals surface area contributed by atoms with E-state index in [1.54, 1.807) is 26.0 Å². The summed E-state index contributed by atoms with van der Waals surface area (Å²) in [6.07, 6.45) is -2.57. The Balaban J connectivity index is 1.88. The maximum Gasteiger partial charge on any atom is 0.229 e. The highest BCUT2D eigenvalue weighted by molar-refractivity contribution is 5.69. The van der Waals surface area contributed by atoms with Crippen molar-refractivity contribution in [3.63, 3.8) is 0 Å². The lowest BCUT2D eigenvalue weighted by atomic mass is 9.89. The predicted molar refractivity (Wildman–Crippen MR) is 117 cm³/mol. The molecule has 170 valence electrons. The van der Waals surface area contributed by atoms with E-state index < -0.39 is 30.2 Å². The van der Waals surface area contributed by atoms with E-state index in [-0.39, 0.29) is 11.9 Å². The van der Waals surface area contributed by atoms with Gasteiger partial charge in [0.2, 0.25) is 6.29 Å². The number of halogens is 1. The van der Waals surface area contributed by atoms with Crippen LogP contribution >= 0.6 is 0 Å². The zero-order chi connectivity index (χ0) is 22.8. The van der Waals surface area contributed by atoms with Crippen molar-refractivity contribution in [3.8, 4) is 16.9 Å². The fourth-order valence-electron chi connectivity index (χ4n) is 3.99. The molecule has 0 amide bonds. The van der Waals surface area contributed by atoms with Crippen LogP contribution in [0.15, 0.2) is 42.5 Å². The molecule has 1 aliphatic heterocycles. The molecule has 0 aromatic heterocycles. The fourth-order valence-corrected chi connectivity index (χ4v) is 3.99. The van der Waals surface area contributed by atoms with Gasteiger partial charge in [0.25, 0.3) is 0 Å². The molecule has 2 aromatic rings. The number of aryl methyl sites for hydroxylation is 1. The maximum atomic E-state index is 13.8. The number of rotatable bonds is 7. The normalized spacial score (nSPS) is 25.6. The maximum absolute atomic E-state index is 13.8. The van der Waals surface area contributed by atoms with Crippen LogP contribution in [0.25, 0.3) is 11.1 Å². The molecular weight excluding hydrogens is 399 g/mol. The lowest BCUT2D eigenvalue weighted by Crippen LogP contribution is -2.64. The van der Waals surface area contributed by atoms with Gasteiger partial charge in [-0.3, -0.25) is 0 Å². The third kappa shape index (κ3) is 5.44. The summed E-state index contributed by atoms with van der Waals surface area (Å²) >= 11 is 0. The second-order valence-electron chi connectivity index (χ2n) is 8.87. The molecule has 1 fully saturated rings. The Bertz CT molecular complexity index is 882. The lowest BCUT2D eigenvalue weighted by molar-refractivity contribution is -0.314. The molecule has 0 spiro atoms. The number of aliphatic hydroxyl groups excluding tert-OH is 2. The molecule has 3 rings (SSSR count). The molecule has 1 aliphatic rings. The van der Waals surface area contributed by atoms with Crippen LogP contribution in [0, 0.1) is 5.82 Å². The minimum atomic E-state index is -1.29. The van der Waals surface area contributed by atoms with Gasteiger partial charge in [0, 0.05) is 0 Å². The standard InChI is InChI=1S/C25H33FO5/c1-6-8-16-11-12-19(14-20(16)17-9-7-10-18(26)13-17)30-24-22(28)21(27)23(29-15(2)3)25(4,5)31-24/h7,9-15,21-24,27-28H,6,8H2,1-5H3/t21-,22+,23+,24+/m0/s1. The van der Waals surface area contributed by atoms with E-state index in [1.165, 1.54) is 12.1 Å². The Morgan fingerprint density at radius 2 is 1.84 bits per heavy atom. The molecule has 0 aliphatic carbocycles. The first-order valence-corrected chi connectivity index (χ1v) is 10.9. The first kappa shape index (κ1) is 23.7. The number of hydrogen-bond acceptors (Lipinski definition) is 5. The van der Waals surface area contributed by atoms with Crippen molar-refractivity contribution in [3.05, 3.63) is 53.8 Å². The van der Waals surface area contributed by atoms with Crippen LogP contribution in [-0.4, -0.2) is 46.5 Å². The second kappa shape index (κ2) is 9.65. The van der Waals surface area contributed by atoms with Crippen molar-refractivity contribution < 1.29 is 28.8 Å². The van der Waals surface area contributed by atoms with E-state index in [1.807, 2.05) is 32.0 Å². The molecule has 2 aromatic carbocycles. The van der Waals surface area contributed by atoms with Crippen molar-refractivity contribution in [2.24, 2.45) is 0 Å². The Kier molecular flexibility index (Phi) is 7.37. The highest BCUT2D eigenvalue weighted by atomic mass is 19.1. The minimum Gasteiger partial charge on any atom is -0.462 e.